The molecule has 1 rings (SSSR count). The van der Waals surface area contributed by atoms with Crippen LogP contribution in [0.2, 0.25) is 0 Å². The summed E-state index contributed by atoms with van der Waals surface area (Å²) in [5.74, 6) is 0.912. The topological polar surface area (TPSA) is 37.8 Å². The molecule has 0 fully saturated rings. The van der Waals surface area contributed by atoms with Crippen LogP contribution in [0.5, 0.6) is 0 Å². The molecule has 0 saturated heterocycles. The van der Waals surface area contributed by atoms with Gasteiger partial charge in [0, 0.05) is 18.7 Å². The molecule has 0 aliphatic carbocycles. The number of nitrogens with one attached hydrogen (secondary N) is 1. The zero-order chi connectivity index (χ0) is 8.97. The molecule has 3 heteroatoms. The van der Waals surface area contributed by atoms with Crippen molar-refractivity contribution < 1.29 is 0 Å². The predicted octanol–water partition coefficient (Wildman–Crippen LogP) is 1.32. The maximum atomic E-state index is 4.39. The van der Waals surface area contributed by atoms with E-state index in [1.165, 1.54) is 0 Å². The molecule has 1 atom stereocenters. The summed E-state index contributed by atoms with van der Waals surface area (Å²) >= 11 is 0. The lowest BCUT2D eigenvalue weighted by atomic mass is 10.2. The summed E-state index contributed by atoms with van der Waals surface area (Å²) in [6, 6.07) is 2.25. The number of aryl methyl sites for hydroxylation is 1. The Morgan fingerprint density at radius 1 is 1.58 bits per heavy atom. The van der Waals surface area contributed by atoms with Gasteiger partial charge >= 0.3 is 0 Å². The number of nitrogens with zero attached hydrogens (tertiary/aromatic N) is 2. The van der Waals surface area contributed by atoms with Crippen molar-refractivity contribution >= 4 is 0 Å². The Bertz CT molecular complexity index is 247. The summed E-state index contributed by atoms with van der Waals surface area (Å²) in [4.78, 5) is 8.52. The molecule has 66 valence electrons. The lowest BCUT2D eigenvalue weighted by molar-refractivity contribution is 0.625. The van der Waals surface area contributed by atoms with Crippen LogP contribution in [0.15, 0.2) is 12.3 Å². The minimum Gasteiger partial charge on any atom is -0.312 e. The summed E-state index contributed by atoms with van der Waals surface area (Å²) in [5.41, 5.74) is 1.06. The van der Waals surface area contributed by atoms with Crippen molar-refractivity contribution in [3.05, 3.63) is 23.8 Å². The molecular formula is C9H15N3. The zero-order valence-electron chi connectivity index (χ0n) is 7.83. The Hall–Kier alpha value is -0.960. The molecule has 3 nitrogen and oxygen atoms in total. The van der Waals surface area contributed by atoms with Crippen molar-refractivity contribution in [3.8, 4) is 0 Å². The van der Waals surface area contributed by atoms with Gasteiger partial charge in [0.25, 0.3) is 0 Å². The minimum absolute atomic E-state index is 0.304. The monoisotopic (exact) mass is 165 g/mol. The molecule has 0 radical (unpaired) electrons. The van der Waals surface area contributed by atoms with Crippen LogP contribution in [0.4, 0.5) is 0 Å². The van der Waals surface area contributed by atoms with Crippen molar-refractivity contribution in [2.75, 3.05) is 7.05 Å². The van der Waals surface area contributed by atoms with Crippen LogP contribution in [0.25, 0.3) is 0 Å². The molecule has 0 amide bonds. The second-order valence-electron chi connectivity index (χ2n) is 2.76. The van der Waals surface area contributed by atoms with E-state index in [4.69, 9.17) is 0 Å². The Morgan fingerprint density at radius 2 is 2.33 bits per heavy atom. The molecule has 1 aromatic rings. The van der Waals surface area contributed by atoms with Gasteiger partial charge in [-0.15, -0.1) is 0 Å². The van der Waals surface area contributed by atoms with Crippen molar-refractivity contribution in [3.63, 3.8) is 0 Å². The van der Waals surface area contributed by atoms with Gasteiger partial charge in [-0.2, -0.15) is 0 Å². The van der Waals surface area contributed by atoms with Crippen LogP contribution in [0.1, 0.15) is 31.4 Å². The van der Waals surface area contributed by atoms with Crippen molar-refractivity contribution in [2.45, 2.75) is 26.3 Å². The number of aromatic nitrogens is 2. The summed E-state index contributed by atoms with van der Waals surface area (Å²) in [6.45, 7) is 4.14. The molecule has 1 heterocycles. The van der Waals surface area contributed by atoms with Gasteiger partial charge in [-0.25, -0.2) is 9.97 Å². The van der Waals surface area contributed by atoms with Gasteiger partial charge in [-0.1, -0.05) is 6.92 Å². The lowest BCUT2D eigenvalue weighted by Gasteiger charge is -2.09. The van der Waals surface area contributed by atoms with E-state index < -0.39 is 0 Å². The highest BCUT2D eigenvalue weighted by molar-refractivity contribution is 5.06. The van der Waals surface area contributed by atoms with Crippen LogP contribution in [0.3, 0.4) is 0 Å². The molecular weight excluding hydrogens is 150 g/mol. The molecule has 0 aliphatic heterocycles. The zero-order valence-corrected chi connectivity index (χ0v) is 7.83. The van der Waals surface area contributed by atoms with Gasteiger partial charge in [0.05, 0.1) is 5.69 Å². The summed E-state index contributed by atoms with van der Waals surface area (Å²) in [5, 5.41) is 3.14. The number of hydrogen-bond donors (Lipinski definition) is 1. The molecule has 0 aromatic carbocycles. The van der Waals surface area contributed by atoms with E-state index >= 15 is 0 Å². The van der Waals surface area contributed by atoms with Gasteiger partial charge in [0.2, 0.25) is 0 Å². The Kier molecular flexibility index (Phi) is 3.17. The van der Waals surface area contributed by atoms with E-state index in [0.717, 1.165) is 17.9 Å². The summed E-state index contributed by atoms with van der Waals surface area (Å²) in [7, 11) is 1.93. The maximum absolute atomic E-state index is 4.39. The second-order valence-corrected chi connectivity index (χ2v) is 2.76. The summed E-state index contributed by atoms with van der Waals surface area (Å²) < 4.78 is 0. The van der Waals surface area contributed by atoms with E-state index in [1.54, 1.807) is 0 Å². The average molecular weight is 165 g/mol. The standard InChI is InChI=1S/C9H15N3/c1-4-9-11-6-5-8(12-9)7(2)10-3/h5-7,10H,4H2,1-3H3. The third-order valence-electron chi connectivity index (χ3n) is 1.92. The van der Waals surface area contributed by atoms with E-state index in [1.807, 2.05) is 19.3 Å². The van der Waals surface area contributed by atoms with Crippen LogP contribution in [-0.4, -0.2) is 17.0 Å². The minimum atomic E-state index is 0.304. The molecule has 1 unspecified atom stereocenters. The lowest BCUT2D eigenvalue weighted by Crippen LogP contribution is -2.14. The quantitative estimate of drug-likeness (QED) is 0.734. The van der Waals surface area contributed by atoms with Gasteiger partial charge in [0.15, 0.2) is 0 Å². The third kappa shape index (κ3) is 2.01. The highest BCUT2D eigenvalue weighted by atomic mass is 14.9. The van der Waals surface area contributed by atoms with Crippen LogP contribution < -0.4 is 5.32 Å². The van der Waals surface area contributed by atoms with Gasteiger partial charge in [-0.3, -0.25) is 0 Å². The summed E-state index contributed by atoms with van der Waals surface area (Å²) in [6.07, 6.45) is 2.71. The molecule has 0 saturated carbocycles. The fourth-order valence-electron chi connectivity index (χ4n) is 0.974. The first-order valence-corrected chi connectivity index (χ1v) is 4.27. The smallest absolute Gasteiger partial charge is 0.128 e. The molecule has 0 bridgehead atoms. The second kappa shape index (κ2) is 4.16. The van der Waals surface area contributed by atoms with E-state index in [0.29, 0.717) is 6.04 Å². The average Bonchev–Trinajstić information content (AvgIpc) is 2.17. The molecule has 1 N–H and O–H groups in total. The SMILES string of the molecule is CCc1nccc(C(C)NC)n1. The fourth-order valence-corrected chi connectivity index (χ4v) is 0.974. The normalized spacial score (nSPS) is 12.9. The first-order valence-electron chi connectivity index (χ1n) is 4.27. The fraction of sp³-hybridized carbons (Fsp3) is 0.556. The largest absolute Gasteiger partial charge is 0.312 e. The molecule has 0 spiro atoms. The number of rotatable bonds is 3. The van der Waals surface area contributed by atoms with Crippen LogP contribution in [0, 0.1) is 0 Å². The first-order chi connectivity index (χ1) is 5.77. The Labute approximate surface area is 73.2 Å². The maximum Gasteiger partial charge on any atom is 0.128 e. The Morgan fingerprint density at radius 3 is 2.92 bits per heavy atom. The van der Waals surface area contributed by atoms with E-state index in [-0.39, 0.29) is 0 Å². The molecule has 12 heavy (non-hydrogen) atoms. The highest BCUT2D eigenvalue weighted by Crippen LogP contribution is 2.07. The van der Waals surface area contributed by atoms with E-state index in [9.17, 15) is 0 Å². The molecule has 0 aliphatic rings. The van der Waals surface area contributed by atoms with Gasteiger partial charge in [-0.05, 0) is 20.0 Å². The van der Waals surface area contributed by atoms with Crippen molar-refractivity contribution in [1.82, 2.24) is 15.3 Å². The third-order valence-corrected chi connectivity index (χ3v) is 1.92. The number of hydrogen-bond acceptors (Lipinski definition) is 3. The van der Waals surface area contributed by atoms with Gasteiger partial charge in [0.1, 0.15) is 5.82 Å². The predicted molar refractivity (Wildman–Crippen MR) is 48.9 cm³/mol. The Balaban J connectivity index is 2.86. The van der Waals surface area contributed by atoms with Crippen LogP contribution >= 0.6 is 0 Å². The highest BCUT2D eigenvalue weighted by Gasteiger charge is 2.03. The van der Waals surface area contributed by atoms with Crippen LogP contribution in [-0.2, 0) is 6.42 Å². The van der Waals surface area contributed by atoms with Crippen molar-refractivity contribution in [1.29, 1.82) is 0 Å². The van der Waals surface area contributed by atoms with Crippen molar-refractivity contribution in [2.24, 2.45) is 0 Å². The van der Waals surface area contributed by atoms with Gasteiger partial charge < -0.3 is 5.32 Å². The molecule has 1 aromatic heterocycles. The first kappa shape index (κ1) is 9.13. The van der Waals surface area contributed by atoms with E-state index in [2.05, 4.69) is 29.1 Å².